The molecule has 0 spiro atoms. The maximum Gasteiger partial charge on any atom is 0.255 e. The molecule has 25 heavy (non-hydrogen) atoms. The Hall–Kier alpha value is -3.15. The second-order valence-corrected chi connectivity index (χ2v) is 5.65. The minimum Gasteiger partial charge on any atom is -0.497 e. The standard InChI is InChI=1S/C19H18FN3O2/c1-12-3-4-13(9-17(12)20)10-21-19(24)16-11-22-23-18(16)14-5-7-15(25-2)8-6-14/h3-9,11H,10H2,1-2H3,(H,21,24)(H,22,23). The van der Waals surface area contributed by atoms with Gasteiger partial charge in [-0.3, -0.25) is 9.89 Å². The van der Waals surface area contributed by atoms with Crippen molar-refractivity contribution in [2.45, 2.75) is 13.5 Å². The van der Waals surface area contributed by atoms with Crippen molar-refractivity contribution in [2.24, 2.45) is 0 Å². The van der Waals surface area contributed by atoms with Crippen molar-refractivity contribution in [3.8, 4) is 17.0 Å². The number of hydrogen-bond acceptors (Lipinski definition) is 3. The van der Waals surface area contributed by atoms with E-state index in [1.807, 2.05) is 24.3 Å². The molecule has 0 fully saturated rings. The van der Waals surface area contributed by atoms with Crippen LogP contribution >= 0.6 is 0 Å². The second-order valence-electron chi connectivity index (χ2n) is 5.65. The zero-order valence-electron chi connectivity index (χ0n) is 14.0. The molecule has 5 nitrogen and oxygen atoms in total. The van der Waals surface area contributed by atoms with Gasteiger partial charge in [-0.1, -0.05) is 12.1 Å². The zero-order chi connectivity index (χ0) is 17.8. The third-order valence-electron chi connectivity index (χ3n) is 3.95. The van der Waals surface area contributed by atoms with Gasteiger partial charge in [0.1, 0.15) is 11.6 Å². The number of benzene rings is 2. The number of aryl methyl sites for hydroxylation is 1. The molecule has 0 unspecified atom stereocenters. The summed E-state index contributed by atoms with van der Waals surface area (Å²) >= 11 is 0. The molecular weight excluding hydrogens is 321 g/mol. The SMILES string of the molecule is COc1ccc(-c2[nH]ncc2C(=O)NCc2ccc(C)c(F)c2)cc1. The molecular formula is C19H18FN3O2. The van der Waals surface area contributed by atoms with Gasteiger partial charge in [0.05, 0.1) is 24.6 Å². The number of aromatic nitrogens is 2. The predicted molar refractivity (Wildman–Crippen MR) is 92.9 cm³/mol. The lowest BCUT2D eigenvalue weighted by atomic mass is 10.1. The summed E-state index contributed by atoms with van der Waals surface area (Å²) in [5.74, 6) is 0.171. The normalized spacial score (nSPS) is 10.5. The number of ether oxygens (including phenoxy) is 1. The van der Waals surface area contributed by atoms with E-state index in [9.17, 15) is 9.18 Å². The Morgan fingerprint density at radius 2 is 2.00 bits per heavy atom. The number of methoxy groups -OCH3 is 1. The first-order valence-electron chi connectivity index (χ1n) is 7.79. The number of nitrogens with zero attached hydrogens (tertiary/aromatic N) is 1. The molecule has 0 bridgehead atoms. The number of aromatic amines is 1. The minimum absolute atomic E-state index is 0.239. The maximum absolute atomic E-state index is 13.6. The summed E-state index contributed by atoms with van der Waals surface area (Å²) < 4.78 is 18.7. The molecule has 0 saturated carbocycles. The molecule has 1 heterocycles. The van der Waals surface area contributed by atoms with E-state index >= 15 is 0 Å². The highest BCUT2D eigenvalue weighted by atomic mass is 19.1. The van der Waals surface area contributed by atoms with Crippen molar-refractivity contribution in [1.82, 2.24) is 15.5 Å². The Bertz CT molecular complexity index is 888. The summed E-state index contributed by atoms with van der Waals surface area (Å²) in [5, 5.41) is 9.60. The van der Waals surface area contributed by atoms with Gasteiger partial charge in [-0.25, -0.2) is 4.39 Å². The van der Waals surface area contributed by atoms with Crippen LogP contribution in [0.25, 0.3) is 11.3 Å². The minimum atomic E-state index is -0.283. The van der Waals surface area contributed by atoms with E-state index < -0.39 is 0 Å². The van der Waals surface area contributed by atoms with Gasteiger partial charge in [0.25, 0.3) is 5.91 Å². The van der Waals surface area contributed by atoms with Crippen molar-refractivity contribution in [2.75, 3.05) is 7.11 Å². The number of nitrogens with one attached hydrogen (secondary N) is 2. The first-order valence-corrected chi connectivity index (χ1v) is 7.79. The molecule has 3 aromatic rings. The van der Waals surface area contributed by atoms with Crippen molar-refractivity contribution in [1.29, 1.82) is 0 Å². The average Bonchev–Trinajstić information content (AvgIpc) is 3.12. The molecule has 0 aliphatic rings. The van der Waals surface area contributed by atoms with Crippen LogP contribution in [0.3, 0.4) is 0 Å². The molecule has 3 rings (SSSR count). The lowest BCUT2D eigenvalue weighted by molar-refractivity contribution is 0.0951. The van der Waals surface area contributed by atoms with Crippen LogP contribution in [0.4, 0.5) is 4.39 Å². The van der Waals surface area contributed by atoms with Crippen LogP contribution in [-0.4, -0.2) is 23.2 Å². The molecule has 0 atom stereocenters. The van der Waals surface area contributed by atoms with Crippen molar-refractivity contribution in [3.05, 3.63) is 71.2 Å². The lowest BCUT2D eigenvalue weighted by Crippen LogP contribution is -2.23. The fourth-order valence-electron chi connectivity index (χ4n) is 2.46. The number of carbonyl (C=O) groups excluding carboxylic acids is 1. The highest BCUT2D eigenvalue weighted by Crippen LogP contribution is 2.23. The summed E-state index contributed by atoms with van der Waals surface area (Å²) in [6.45, 7) is 1.94. The van der Waals surface area contributed by atoms with E-state index in [0.29, 0.717) is 22.4 Å². The van der Waals surface area contributed by atoms with Gasteiger partial charge < -0.3 is 10.1 Å². The molecule has 0 saturated heterocycles. The largest absolute Gasteiger partial charge is 0.497 e. The van der Waals surface area contributed by atoms with Crippen LogP contribution in [0.5, 0.6) is 5.75 Å². The number of amides is 1. The van der Waals surface area contributed by atoms with Gasteiger partial charge in [-0.2, -0.15) is 5.10 Å². The molecule has 0 aliphatic heterocycles. The molecule has 1 aromatic heterocycles. The zero-order valence-corrected chi connectivity index (χ0v) is 14.0. The van der Waals surface area contributed by atoms with Crippen LogP contribution in [0.2, 0.25) is 0 Å². The Balaban J connectivity index is 1.74. The van der Waals surface area contributed by atoms with Crippen LogP contribution in [0.15, 0.2) is 48.7 Å². The van der Waals surface area contributed by atoms with Gasteiger partial charge in [0.2, 0.25) is 0 Å². The van der Waals surface area contributed by atoms with Gasteiger partial charge in [0.15, 0.2) is 0 Å². The monoisotopic (exact) mass is 339 g/mol. The summed E-state index contributed by atoms with van der Waals surface area (Å²) in [5.41, 5.74) is 3.15. The topological polar surface area (TPSA) is 67.0 Å². The first kappa shape index (κ1) is 16.7. The van der Waals surface area contributed by atoms with E-state index in [1.54, 1.807) is 26.2 Å². The highest BCUT2D eigenvalue weighted by Gasteiger charge is 2.15. The number of halogens is 1. The van der Waals surface area contributed by atoms with Crippen molar-refractivity contribution < 1.29 is 13.9 Å². The fraction of sp³-hybridized carbons (Fsp3) is 0.158. The lowest BCUT2D eigenvalue weighted by Gasteiger charge is -2.07. The Morgan fingerprint density at radius 3 is 2.68 bits per heavy atom. The summed E-state index contributed by atoms with van der Waals surface area (Å²) in [6.07, 6.45) is 1.48. The van der Waals surface area contributed by atoms with Crippen LogP contribution in [0, 0.1) is 12.7 Å². The van der Waals surface area contributed by atoms with E-state index in [-0.39, 0.29) is 18.3 Å². The molecule has 1 amide bonds. The molecule has 0 radical (unpaired) electrons. The number of rotatable bonds is 5. The Labute approximate surface area is 144 Å². The smallest absolute Gasteiger partial charge is 0.255 e. The maximum atomic E-state index is 13.6. The van der Waals surface area contributed by atoms with Crippen LogP contribution < -0.4 is 10.1 Å². The van der Waals surface area contributed by atoms with E-state index in [1.165, 1.54) is 12.3 Å². The summed E-state index contributed by atoms with van der Waals surface area (Å²) in [6, 6.07) is 12.2. The van der Waals surface area contributed by atoms with Crippen LogP contribution in [0.1, 0.15) is 21.5 Å². The molecule has 2 N–H and O–H groups in total. The molecule has 6 heteroatoms. The Kier molecular flexibility index (Phi) is 4.79. The third kappa shape index (κ3) is 3.68. The Morgan fingerprint density at radius 1 is 1.24 bits per heavy atom. The van der Waals surface area contributed by atoms with Gasteiger partial charge in [-0.05, 0) is 48.4 Å². The molecule has 2 aromatic carbocycles. The quantitative estimate of drug-likeness (QED) is 0.748. The van der Waals surface area contributed by atoms with Crippen LogP contribution in [-0.2, 0) is 6.54 Å². The fourth-order valence-corrected chi connectivity index (χ4v) is 2.46. The van der Waals surface area contributed by atoms with Crippen molar-refractivity contribution >= 4 is 5.91 Å². The van der Waals surface area contributed by atoms with E-state index in [4.69, 9.17) is 4.74 Å². The number of carbonyl (C=O) groups is 1. The van der Waals surface area contributed by atoms with Gasteiger partial charge in [-0.15, -0.1) is 0 Å². The van der Waals surface area contributed by atoms with E-state index in [2.05, 4.69) is 15.5 Å². The summed E-state index contributed by atoms with van der Waals surface area (Å²) in [7, 11) is 1.60. The second kappa shape index (κ2) is 7.17. The number of hydrogen-bond donors (Lipinski definition) is 2. The van der Waals surface area contributed by atoms with E-state index in [0.717, 1.165) is 11.3 Å². The van der Waals surface area contributed by atoms with Gasteiger partial charge >= 0.3 is 0 Å². The average molecular weight is 339 g/mol. The molecule has 0 aliphatic carbocycles. The molecule has 128 valence electrons. The highest BCUT2D eigenvalue weighted by molar-refractivity contribution is 5.99. The predicted octanol–water partition coefficient (Wildman–Crippen LogP) is 3.46. The van der Waals surface area contributed by atoms with Crippen molar-refractivity contribution in [3.63, 3.8) is 0 Å². The summed E-state index contributed by atoms with van der Waals surface area (Å²) in [4.78, 5) is 12.5. The first-order chi connectivity index (χ1) is 12.1. The third-order valence-corrected chi connectivity index (χ3v) is 3.95. The van der Waals surface area contributed by atoms with Gasteiger partial charge in [0, 0.05) is 12.1 Å². The number of H-pyrrole nitrogens is 1.